The van der Waals surface area contributed by atoms with E-state index < -0.39 is 0 Å². The third-order valence-electron chi connectivity index (χ3n) is 3.77. The molecule has 5 nitrogen and oxygen atoms in total. The number of methoxy groups -OCH3 is 1. The first-order chi connectivity index (χ1) is 11.0. The van der Waals surface area contributed by atoms with E-state index in [0.717, 1.165) is 16.1 Å². The van der Waals surface area contributed by atoms with Gasteiger partial charge >= 0.3 is 0 Å². The lowest BCUT2D eigenvalue weighted by Crippen LogP contribution is -2.28. The van der Waals surface area contributed by atoms with Crippen molar-refractivity contribution in [1.82, 2.24) is 4.57 Å². The molecule has 0 saturated carbocycles. The molecule has 124 valence electrons. The van der Waals surface area contributed by atoms with Gasteiger partial charge in [-0.05, 0) is 44.7 Å². The summed E-state index contributed by atoms with van der Waals surface area (Å²) in [5, 5.41) is 12.2. The standard InChI is InChI=1S/C17H22N2O3S/c1-12-9-15(14(3)19(12)13(2)10-22-4)16(20)11-23-17-7-5-6-8-18(17)21/h5-9,13H,10-11H2,1-4H3. The molecule has 0 spiro atoms. The Kier molecular flexibility index (Phi) is 5.85. The Hall–Kier alpha value is -1.79. The smallest absolute Gasteiger partial charge is 0.251 e. The van der Waals surface area contributed by atoms with E-state index in [0.29, 0.717) is 17.2 Å². The van der Waals surface area contributed by atoms with Crippen LogP contribution in [0.5, 0.6) is 0 Å². The lowest BCUT2D eigenvalue weighted by Gasteiger charge is -2.17. The highest BCUT2D eigenvalue weighted by molar-refractivity contribution is 7.99. The largest absolute Gasteiger partial charge is 0.618 e. The number of Topliss-reactive ketones (excluding diaryl/α,β-unsaturated/α-hetero) is 1. The minimum Gasteiger partial charge on any atom is -0.618 e. The van der Waals surface area contributed by atoms with Crippen LogP contribution in [0.3, 0.4) is 0 Å². The Labute approximate surface area is 140 Å². The molecular weight excluding hydrogens is 312 g/mol. The molecule has 0 fully saturated rings. The van der Waals surface area contributed by atoms with E-state index in [1.165, 1.54) is 18.0 Å². The van der Waals surface area contributed by atoms with Crippen LogP contribution < -0.4 is 4.73 Å². The number of hydrogen-bond donors (Lipinski definition) is 0. The number of carbonyl (C=O) groups excluding carboxylic acids is 1. The van der Waals surface area contributed by atoms with Gasteiger partial charge in [0.2, 0.25) is 0 Å². The maximum Gasteiger partial charge on any atom is 0.251 e. The molecule has 0 amide bonds. The van der Waals surface area contributed by atoms with Gasteiger partial charge in [0.15, 0.2) is 12.0 Å². The molecular formula is C17H22N2O3S. The van der Waals surface area contributed by atoms with Crippen LogP contribution in [0.15, 0.2) is 35.5 Å². The molecule has 2 aromatic rings. The second-order valence-electron chi connectivity index (χ2n) is 5.54. The third-order valence-corrected chi connectivity index (χ3v) is 4.79. The van der Waals surface area contributed by atoms with Crippen LogP contribution in [-0.4, -0.2) is 29.8 Å². The first-order valence-electron chi connectivity index (χ1n) is 7.47. The van der Waals surface area contributed by atoms with Crippen molar-refractivity contribution < 1.29 is 14.3 Å². The summed E-state index contributed by atoms with van der Waals surface area (Å²) in [6.07, 6.45) is 1.44. The quantitative estimate of drug-likeness (QED) is 0.338. The molecule has 0 aliphatic heterocycles. The van der Waals surface area contributed by atoms with Gasteiger partial charge in [0.25, 0.3) is 5.03 Å². The highest BCUT2D eigenvalue weighted by atomic mass is 32.2. The molecule has 0 aromatic carbocycles. The van der Waals surface area contributed by atoms with Gasteiger partial charge in [-0.15, -0.1) is 0 Å². The Bertz CT molecular complexity index is 697. The van der Waals surface area contributed by atoms with E-state index in [9.17, 15) is 10.0 Å². The molecule has 6 heteroatoms. The molecule has 0 radical (unpaired) electrons. The average Bonchev–Trinajstić information content (AvgIpc) is 2.81. The molecule has 0 bridgehead atoms. The maximum absolute atomic E-state index is 12.5. The monoisotopic (exact) mass is 334 g/mol. The Morgan fingerprint density at radius 2 is 2.17 bits per heavy atom. The van der Waals surface area contributed by atoms with Crippen molar-refractivity contribution in [3.63, 3.8) is 0 Å². The second kappa shape index (κ2) is 7.66. The SMILES string of the molecule is COCC(C)n1c(C)cc(C(=O)CSc2cccc[n+]2[O-])c1C. The van der Waals surface area contributed by atoms with Gasteiger partial charge in [-0.1, -0.05) is 0 Å². The highest BCUT2D eigenvalue weighted by Crippen LogP contribution is 2.23. The van der Waals surface area contributed by atoms with Gasteiger partial charge in [-0.2, -0.15) is 4.73 Å². The number of nitrogens with zero attached hydrogens (tertiary/aromatic N) is 2. The number of thioether (sulfide) groups is 1. The Morgan fingerprint density at radius 1 is 1.43 bits per heavy atom. The van der Waals surface area contributed by atoms with Crippen molar-refractivity contribution in [1.29, 1.82) is 0 Å². The molecule has 0 aliphatic carbocycles. The van der Waals surface area contributed by atoms with E-state index >= 15 is 0 Å². The molecule has 2 heterocycles. The van der Waals surface area contributed by atoms with E-state index in [1.54, 1.807) is 25.3 Å². The highest BCUT2D eigenvalue weighted by Gasteiger charge is 2.19. The van der Waals surface area contributed by atoms with E-state index in [1.807, 2.05) is 19.9 Å². The molecule has 0 saturated heterocycles. The van der Waals surface area contributed by atoms with Crippen molar-refractivity contribution in [3.05, 3.63) is 52.6 Å². The third kappa shape index (κ3) is 3.95. The summed E-state index contributed by atoms with van der Waals surface area (Å²) >= 11 is 1.26. The zero-order valence-electron chi connectivity index (χ0n) is 13.9. The van der Waals surface area contributed by atoms with Crippen molar-refractivity contribution >= 4 is 17.5 Å². The molecule has 2 aromatic heterocycles. The van der Waals surface area contributed by atoms with Crippen LogP contribution in [0, 0.1) is 19.1 Å². The zero-order valence-corrected chi connectivity index (χ0v) is 14.7. The molecule has 0 aliphatic rings. The lowest BCUT2D eigenvalue weighted by molar-refractivity contribution is -0.645. The normalized spacial score (nSPS) is 12.3. The first-order valence-corrected chi connectivity index (χ1v) is 8.45. The van der Waals surface area contributed by atoms with E-state index in [4.69, 9.17) is 4.74 Å². The topological polar surface area (TPSA) is 58.2 Å². The summed E-state index contributed by atoms with van der Waals surface area (Å²) < 4.78 is 8.11. The number of aryl methyl sites for hydroxylation is 1. The number of pyridine rings is 1. The number of aromatic nitrogens is 2. The summed E-state index contributed by atoms with van der Waals surface area (Å²) in [4.78, 5) is 12.5. The van der Waals surface area contributed by atoms with Gasteiger partial charge in [0.05, 0.1) is 18.4 Å². The summed E-state index contributed by atoms with van der Waals surface area (Å²) in [7, 11) is 1.67. The van der Waals surface area contributed by atoms with Crippen LogP contribution in [0.1, 0.15) is 34.7 Å². The number of carbonyl (C=O) groups is 1. The average molecular weight is 334 g/mol. The van der Waals surface area contributed by atoms with Crippen molar-refractivity contribution in [3.8, 4) is 0 Å². The zero-order chi connectivity index (χ0) is 17.0. The van der Waals surface area contributed by atoms with Crippen LogP contribution in [0.4, 0.5) is 0 Å². The van der Waals surface area contributed by atoms with Crippen LogP contribution >= 0.6 is 11.8 Å². The number of rotatable bonds is 7. The first kappa shape index (κ1) is 17.6. The van der Waals surface area contributed by atoms with Crippen molar-refractivity contribution in [2.75, 3.05) is 19.5 Å². The van der Waals surface area contributed by atoms with Gasteiger partial charge in [-0.25, -0.2) is 0 Å². The Balaban J connectivity index is 2.14. The predicted molar refractivity (Wildman–Crippen MR) is 90.9 cm³/mol. The van der Waals surface area contributed by atoms with Crippen LogP contribution in [0.25, 0.3) is 0 Å². The summed E-state index contributed by atoms with van der Waals surface area (Å²) in [5.74, 6) is 0.276. The van der Waals surface area contributed by atoms with Crippen LogP contribution in [-0.2, 0) is 4.74 Å². The summed E-state index contributed by atoms with van der Waals surface area (Å²) in [6, 6.07) is 7.27. The summed E-state index contributed by atoms with van der Waals surface area (Å²) in [6.45, 7) is 6.61. The summed E-state index contributed by atoms with van der Waals surface area (Å²) in [5.41, 5.74) is 2.70. The Morgan fingerprint density at radius 3 is 2.83 bits per heavy atom. The van der Waals surface area contributed by atoms with Gasteiger partial charge in [0, 0.05) is 36.2 Å². The molecule has 0 N–H and O–H groups in total. The fraction of sp³-hybridized carbons (Fsp3) is 0.412. The molecule has 23 heavy (non-hydrogen) atoms. The number of ketones is 1. The number of hydrogen-bond acceptors (Lipinski definition) is 4. The lowest BCUT2D eigenvalue weighted by atomic mass is 10.2. The second-order valence-corrected chi connectivity index (χ2v) is 6.53. The van der Waals surface area contributed by atoms with E-state index in [-0.39, 0.29) is 17.6 Å². The fourth-order valence-corrected chi connectivity index (χ4v) is 3.59. The minimum atomic E-state index is 0.0304. The number of ether oxygens (including phenoxy) is 1. The van der Waals surface area contributed by atoms with Crippen molar-refractivity contribution in [2.24, 2.45) is 0 Å². The van der Waals surface area contributed by atoms with Crippen LogP contribution in [0.2, 0.25) is 0 Å². The fourth-order valence-electron chi connectivity index (χ4n) is 2.80. The molecule has 1 unspecified atom stereocenters. The molecule has 2 rings (SSSR count). The van der Waals surface area contributed by atoms with Gasteiger partial charge in [0.1, 0.15) is 0 Å². The van der Waals surface area contributed by atoms with Gasteiger partial charge in [-0.3, -0.25) is 4.79 Å². The predicted octanol–water partition coefficient (Wildman–Crippen LogP) is 2.92. The van der Waals surface area contributed by atoms with Crippen molar-refractivity contribution in [2.45, 2.75) is 31.8 Å². The maximum atomic E-state index is 12.5. The van der Waals surface area contributed by atoms with Gasteiger partial charge < -0.3 is 14.5 Å². The minimum absolute atomic E-state index is 0.0304. The van der Waals surface area contributed by atoms with E-state index in [2.05, 4.69) is 11.5 Å². The molecule has 1 atom stereocenters.